The van der Waals surface area contributed by atoms with Crippen LogP contribution in [0.15, 0.2) is 42.6 Å². The topological polar surface area (TPSA) is 59.7 Å². The van der Waals surface area contributed by atoms with Crippen LogP contribution >= 0.6 is 11.6 Å². The van der Waals surface area contributed by atoms with Gasteiger partial charge in [0.05, 0.1) is 5.02 Å². The maximum Gasteiger partial charge on any atom is 0.189 e. The minimum atomic E-state index is 0.0920. The summed E-state index contributed by atoms with van der Waals surface area (Å²) in [5.74, 6) is 1.01. The number of hydrogen-bond acceptors (Lipinski definition) is 4. The summed E-state index contributed by atoms with van der Waals surface area (Å²) in [4.78, 5) is 4.29. The van der Waals surface area contributed by atoms with E-state index >= 15 is 0 Å². The Hall–Kier alpha value is -2.27. The molecule has 1 aromatic carbocycles. The van der Waals surface area contributed by atoms with E-state index in [-0.39, 0.29) is 12.4 Å². The number of aromatic nitrogens is 3. The smallest absolute Gasteiger partial charge is 0.189 e. The summed E-state index contributed by atoms with van der Waals surface area (Å²) in [7, 11) is 0. The van der Waals surface area contributed by atoms with Crippen LogP contribution in [0.5, 0.6) is 11.5 Å². The summed E-state index contributed by atoms with van der Waals surface area (Å²) in [5, 5.41) is 14.4. The van der Waals surface area contributed by atoms with Crippen molar-refractivity contribution in [2.45, 2.75) is 6.61 Å². The maximum atomic E-state index is 9.58. The molecule has 6 heteroatoms. The summed E-state index contributed by atoms with van der Waals surface area (Å²) in [5.41, 5.74) is 0.695. The number of nitrogens with zero attached hydrogens (tertiary/aromatic N) is 3. The molecule has 0 fully saturated rings. The largest absolute Gasteiger partial charge is 0.504 e. The first-order chi connectivity index (χ1) is 9.22. The Balaban J connectivity index is 1.80. The lowest BCUT2D eigenvalue weighted by Crippen LogP contribution is -1.98. The van der Waals surface area contributed by atoms with Crippen LogP contribution in [0.1, 0.15) is 5.82 Å². The first-order valence-electron chi connectivity index (χ1n) is 5.64. The van der Waals surface area contributed by atoms with Gasteiger partial charge in [0.1, 0.15) is 6.61 Å². The zero-order chi connectivity index (χ0) is 13.2. The molecular weight excluding hydrogens is 266 g/mol. The molecule has 96 valence electrons. The molecule has 0 radical (unpaired) electrons. The van der Waals surface area contributed by atoms with Gasteiger partial charge in [-0.05, 0) is 24.3 Å². The molecule has 0 aliphatic rings. The lowest BCUT2D eigenvalue weighted by molar-refractivity contribution is 0.280. The average Bonchev–Trinajstić information content (AvgIpc) is 2.79. The van der Waals surface area contributed by atoms with E-state index in [1.54, 1.807) is 47.1 Å². The Morgan fingerprint density at radius 3 is 2.89 bits per heavy atom. The van der Waals surface area contributed by atoms with Crippen molar-refractivity contribution < 1.29 is 9.84 Å². The SMILES string of the molecule is Oc1ccccc1OCc1nc2ccc(Cl)cn2n1. The molecule has 2 aromatic heterocycles. The van der Waals surface area contributed by atoms with Gasteiger partial charge in [-0.1, -0.05) is 23.7 Å². The van der Waals surface area contributed by atoms with Gasteiger partial charge in [-0.25, -0.2) is 9.50 Å². The van der Waals surface area contributed by atoms with Gasteiger partial charge in [-0.3, -0.25) is 0 Å². The molecule has 5 nitrogen and oxygen atoms in total. The predicted molar refractivity (Wildman–Crippen MR) is 70.4 cm³/mol. The Morgan fingerprint density at radius 2 is 2.05 bits per heavy atom. The lowest BCUT2D eigenvalue weighted by atomic mass is 10.3. The van der Waals surface area contributed by atoms with E-state index in [1.165, 1.54) is 0 Å². The molecule has 0 saturated heterocycles. The number of phenolic OH excluding ortho intramolecular Hbond substituents is 1. The highest BCUT2D eigenvalue weighted by atomic mass is 35.5. The zero-order valence-corrected chi connectivity index (χ0v) is 10.6. The fourth-order valence-electron chi connectivity index (χ4n) is 1.69. The van der Waals surface area contributed by atoms with Gasteiger partial charge in [0, 0.05) is 6.20 Å². The highest BCUT2D eigenvalue weighted by molar-refractivity contribution is 6.30. The summed E-state index contributed by atoms with van der Waals surface area (Å²) in [6.07, 6.45) is 1.67. The van der Waals surface area contributed by atoms with Gasteiger partial charge >= 0.3 is 0 Å². The molecule has 0 atom stereocenters. The molecule has 3 rings (SSSR count). The molecule has 2 heterocycles. The Labute approximate surface area is 114 Å². The predicted octanol–water partition coefficient (Wildman–Crippen LogP) is 2.67. The van der Waals surface area contributed by atoms with Gasteiger partial charge in [0.25, 0.3) is 0 Å². The monoisotopic (exact) mass is 275 g/mol. The third-order valence-electron chi connectivity index (χ3n) is 2.56. The quantitative estimate of drug-likeness (QED) is 0.798. The van der Waals surface area contributed by atoms with Crippen molar-refractivity contribution in [2.75, 3.05) is 0 Å². The van der Waals surface area contributed by atoms with Crippen LogP contribution in [0, 0.1) is 0 Å². The Morgan fingerprint density at radius 1 is 1.21 bits per heavy atom. The number of para-hydroxylation sites is 2. The van der Waals surface area contributed by atoms with E-state index in [1.807, 2.05) is 0 Å². The molecule has 3 aromatic rings. The maximum absolute atomic E-state index is 9.58. The van der Waals surface area contributed by atoms with E-state index in [0.29, 0.717) is 22.2 Å². The fraction of sp³-hybridized carbons (Fsp3) is 0.0769. The van der Waals surface area contributed by atoms with Gasteiger partial charge in [-0.15, -0.1) is 5.10 Å². The second-order valence-corrected chi connectivity index (χ2v) is 4.37. The van der Waals surface area contributed by atoms with Crippen molar-refractivity contribution in [3.8, 4) is 11.5 Å². The van der Waals surface area contributed by atoms with Gasteiger partial charge in [0.15, 0.2) is 23.0 Å². The van der Waals surface area contributed by atoms with Crippen LogP contribution in [0.4, 0.5) is 0 Å². The number of halogens is 1. The third kappa shape index (κ3) is 2.46. The summed E-state index contributed by atoms with van der Waals surface area (Å²) < 4.78 is 7.05. The van der Waals surface area contributed by atoms with Crippen LogP contribution in [-0.4, -0.2) is 19.7 Å². The number of aromatic hydroxyl groups is 1. The minimum Gasteiger partial charge on any atom is -0.504 e. The average molecular weight is 276 g/mol. The van der Waals surface area contributed by atoms with E-state index in [4.69, 9.17) is 16.3 Å². The van der Waals surface area contributed by atoms with Crippen molar-refractivity contribution in [3.63, 3.8) is 0 Å². The van der Waals surface area contributed by atoms with Gasteiger partial charge < -0.3 is 9.84 Å². The molecule has 0 aliphatic carbocycles. The highest BCUT2D eigenvalue weighted by Gasteiger charge is 2.06. The van der Waals surface area contributed by atoms with Crippen LogP contribution < -0.4 is 4.74 Å². The van der Waals surface area contributed by atoms with E-state index in [2.05, 4.69) is 10.1 Å². The van der Waals surface area contributed by atoms with E-state index in [0.717, 1.165) is 0 Å². The number of ether oxygens (including phenoxy) is 1. The molecule has 1 N–H and O–H groups in total. The van der Waals surface area contributed by atoms with Crippen molar-refractivity contribution in [3.05, 3.63) is 53.4 Å². The van der Waals surface area contributed by atoms with Crippen molar-refractivity contribution >= 4 is 17.2 Å². The van der Waals surface area contributed by atoms with Gasteiger partial charge in [-0.2, -0.15) is 0 Å². The van der Waals surface area contributed by atoms with Crippen LogP contribution in [-0.2, 0) is 6.61 Å². The highest BCUT2D eigenvalue weighted by Crippen LogP contribution is 2.24. The van der Waals surface area contributed by atoms with E-state index < -0.39 is 0 Å². The molecule has 0 saturated carbocycles. The lowest BCUT2D eigenvalue weighted by Gasteiger charge is -2.04. The summed E-state index contributed by atoms with van der Waals surface area (Å²) >= 11 is 5.87. The van der Waals surface area contributed by atoms with Gasteiger partial charge in [0.2, 0.25) is 0 Å². The molecular formula is C13H10ClN3O2. The third-order valence-corrected chi connectivity index (χ3v) is 2.78. The molecule has 0 bridgehead atoms. The second kappa shape index (κ2) is 4.78. The Bertz CT molecular complexity index is 727. The molecule has 0 spiro atoms. The summed E-state index contributed by atoms with van der Waals surface area (Å²) in [6, 6.07) is 10.3. The van der Waals surface area contributed by atoms with Crippen molar-refractivity contribution in [1.29, 1.82) is 0 Å². The number of rotatable bonds is 3. The van der Waals surface area contributed by atoms with Crippen LogP contribution in [0.3, 0.4) is 0 Å². The second-order valence-electron chi connectivity index (χ2n) is 3.93. The molecule has 0 unspecified atom stereocenters. The van der Waals surface area contributed by atoms with Crippen LogP contribution in [0.2, 0.25) is 5.02 Å². The standard InChI is InChI=1S/C13H10ClN3O2/c14-9-5-6-13-15-12(16-17(13)7-9)8-19-11-4-2-1-3-10(11)18/h1-7,18H,8H2. The molecule has 0 amide bonds. The van der Waals surface area contributed by atoms with Crippen LogP contribution in [0.25, 0.3) is 5.65 Å². The fourth-order valence-corrected chi connectivity index (χ4v) is 1.84. The molecule has 19 heavy (non-hydrogen) atoms. The number of hydrogen-bond donors (Lipinski definition) is 1. The molecule has 0 aliphatic heterocycles. The summed E-state index contributed by atoms with van der Waals surface area (Å²) in [6.45, 7) is 0.177. The van der Waals surface area contributed by atoms with Crippen molar-refractivity contribution in [1.82, 2.24) is 14.6 Å². The Kier molecular flexibility index (Phi) is 2.97. The number of fused-ring (bicyclic) bond motifs is 1. The normalized spacial score (nSPS) is 10.8. The van der Waals surface area contributed by atoms with E-state index in [9.17, 15) is 5.11 Å². The number of pyridine rings is 1. The minimum absolute atomic E-state index is 0.0920. The zero-order valence-electron chi connectivity index (χ0n) is 9.82. The van der Waals surface area contributed by atoms with Crippen molar-refractivity contribution in [2.24, 2.45) is 0 Å². The first kappa shape index (κ1) is 11.8. The number of phenols is 1. The number of benzene rings is 1. The first-order valence-corrected chi connectivity index (χ1v) is 6.02.